The number of hydrogen-bond donors (Lipinski definition) is 3. The Morgan fingerprint density at radius 2 is 1.49 bits per heavy atom. The Kier molecular flexibility index (Phi) is 13.9. The van der Waals surface area contributed by atoms with Gasteiger partial charge in [0, 0.05) is 22.4 Å². The molecule has 0 saturated heterocycles. The highest BCUT2D eigenvalue weighted by atomic mass is 79.9. The monoisotopic (exact) mass is 559 g/mol. The molecule has 2 aromatic rings. The fourth-order valence-corrected chi connectivity index (χ4v) is 2.44. The summed E-state index contributed by atoms with van der Waals surface area (Å²) in [7, 11) is 0. The molecule has 0 heterocycles. The molecule has 0 unspecified atom stereocenters. The number of amides is 2. The van der Waals surface area contributed by atoms with Crippen molar-refractivity contribution in [1.29, 1.82) is 0 Å². The largest absolute Gasteiger partial charge is 0.399 e. The smallest absolute Gasteiger partial charge is 0.266 e. The van der Waals surface area contributed by atoms with Gasteiger partial charge in [0.25, 0.3) is 11.8 Å². The van der Waals surface area contributed by atoms with E-state index in [2.05, 4.69) is 50.4 Å². The summed E-state index contributed by atoms with van der Waals surface area (Å²) in [5, 5.41) is 2.63. The predicted octanol–water partition coefficient (Wildman–Crippen LogP) is 3.64. The number of rotatable bonds is 7. The molecule has 1 atom stereocenters. The van der Waals surface area contributed by atoms with Gasteiger partial charge < -0.3 is 11.1 Å². The lowest BCUT2D eigenvalue weighted by Gasteiger charge is -2.21. The van der Waals surface area contributed by atoms with Gasteiger partial charge in [0.15, 0.2) is 0 Å². The Morgan fingerprint density at radius 3 is 1.91 bits per heavy atom. The van der Waals surface area contributed by atoms with Crippen LogP contribution in [0.15, 0.2) is 48.5 Å². The van der Waals surface area contributed by atoms with E-state index in [1.165, 1.54) is 0 Å². The van der Waals surface area contributed by atoms with Crippen molar-refractivity contribution in [3.05, 3.63) is 65.2 Å². The van der Waals surface area contributed by atoms with Gasteiger partial charge in [-0.1, -0.05) is 41.6 Å². The van der Waals surface area contributed by atoms with Crippen LogP contribution in [0, 0.1) is 29.6 Å². The van der Waals surface area contributed by atoms with Gasteiger partial charge in [-0.3, -0.25) is 19.2 Å². The van der Waals surface area contributed by atoms with E-state index in [0.717, 1.165) is 11.1 Å². The van der Waals surface area contributed by atoms with Gasteiger partial charge in [0.05, 0.1) is 11.9 Å². The molecule has 0 fully saturated rings. The van der Waals surface area contributed by atoms with Crippen molar-refractivity contribution in [2.45, 2.75) is 26.8 Å². The molecule has 184 valence electrons. The molecule has 4 N–H and O–H groups in total. The zero-order chi connectivity index (χ0) is 26.2. The molecular weight excluding hydrogens is 534 g/mol. The Labute approximate surface area is 219 Å². The molecular formula is C26H27BrClN3O4. The van der Waals surface area contributed by atoms with Crippen molar-refractivity contribution >= 4 is 50.3 Å². The Hall–Kier alpha value is -3.30. The molecule has 0 saturated carbocycles. The quantitative estimate of drug-likeness (QED) is 0.157. The summed E-state index contributed by atoms with van der Waals surface area (Å²) in [6.07, 6.45) is 0. The number of carbonyl (C=O) groups excluding carboxylic acids is 3. The third-order valence-electron chi connectivity index (χ3n) is 4.19. The van der Waals surface area contributed by atoms with E-state index in [1.807, 2.05) is 26.0 Å². The molecule has 2 rings (SSSR count). The first-order valence-corrected chi connectivity index (χ1v) is 12.1. The molecule has 0 spiro atoms. The maximum atomic E-state index is 12.5. The summed E-state index contributed by atoms with van der Waals surface area (Å²) in [5.74, 6) is 10.6. The zero-order valence-corrected chi connectivity index (χ0v) is 22.0. The van der Waals surface area contributed by atoms with Crippen molar-refractivity contribution < 1.29 is 19.2 Å². The number of hydroxylamine groups is 1. The van der Waals surface area contributed by atoms with Gasteiger partial charge in [-0.25, -0.2) is 5.48 Å². The first-order chi connectivity index (χ1) is 16.7. The lowest BCUT2D eigenvalue weighted by molar-refractivity contribution is -0.136. The molecule has 2 amide bonds. The third-order valence-corrected chi connectivity index (χ3v) is 5.16. The van der Waals surface area contributed by atoms with Crippen molar-refractivity contribution in [3.63, 3.8) is 0 Å². The standard InChI is InChI=1S/C24H25N3O3.C2H2BrClO/c1-4-30-27-24(29)22(17(2)3)26-23(28)20-13-9-18(10-14-20)7-5-6-8-19-11-15-21(25)16-12-19;3-1-2(4)5/h9-17,22H,4,25H2,1-3H3,(H,26,28)(H,27,29);1H2/t22-;/m0./s1. The Bertz CT molecular complexity index is 1110. The maximum Gasteiger partial charge on any atom is 0.266 e. The molecule has 0 bridgehead atoms. The first kappa shape index (κ1) is 29.7. The van der Waals surface area contributed by atoms with E-state index in [0.29, 0.717) is 17.9 Å². The molecule has 7 nitrogen and oxygen atoms in total. The van der Waals surface area contributed by atoms with Crippen LogP contribution >= 0.6 is 27.5 Å². The highest BCUT2D eigenvalue weighted by Gasteiger charge is 2.24. The van der Waals surface area contributed by atoms with E-state index >= 15 is 0 Å². The second-order valence-electron chi connectivity index (χ2n) is 7.28. The Balaban J connectivity index is 0.00000111. The molecule has 35 heavy (non-hydrogen) atoms. The number of benzene rings is 2. The number of halogens is 2. The number of nitrogen functional groups attached to an aromatic ring is 1. The molecule has 0 aliphatic rings. The van der Waals surface area contributed by atoms with Crippen LogP contribution < -0.4 is 16.5 Å². The van der Waals surface area contributed by atoms with E-state index in [1.54, 1.807) is 43.3 Å². The van der Waals surface area contributed by atoms with Crippen LogP contribution in [0.1, 0.15) is 42.3 Å². The SMILES string of the molecule is CCONC(=O)[C@@H](NC(=O)c1ccc(C#CC#Cc2ccc(N)cc2)cc1)C(C)C.O=C(Cl)CBr. The van der Waals surface area contributed by atoms with Gasteiger partial charge in [0.1, 0.15) is 6.04 Å². The summed E-state index contributed by atoms with van der Waals surface area (Å²) in [4.78, 5) is 39.1. The van der Waals surface area contributed by atoms with Crippen LogP contribution in [0.2, 0.25) is 0 Å². The normalized spacial score (nSPS) is 10.3. The fourth-order valence-electron chi connectivity index (χ4n) is 2.44. The average molecular weight is 561 g/mol. The van der Waals surface area contributed by atoms with Gasteiger partial charge in [-0.2, -0.15) is 0 Å². The maximum absolute atomic E-state index is 12.5. The predicted molar refractivity (Wildman–Crippen MR) is 142 cm³/mol. The van der Waals surface area contributed by atoms with E-state index < -0.39 is 6.04 Å². The van der Waals surface area contributed by atoms with Crippen LogP contribution in [-0.4, -0.2) is 35.0 Å². The minimum atomic E-state index is -0.702. The second kappa shape index (κ2) is 16.3. The average Bonchev–Trinajstić information content (AvgIpc) is 2.85. The summed E-state index contributed by atoms with van der Waals surface area (Å²) < 4.78 is 0. The van der Waals surface area contributed by atoms with Crippen LogP contribution in [-0.2, 0) is 14.4 Å². The number of alkyl halides is 1. The number of carbonyl (C=O) groups is 3. The molecule has 9 heteroatoms. The summed E-state index contributed by atoms with van der Waals surface area (Å²) in [6, 6.07) is 13.3. The number of anilines is 1. The summed E-state index contributed by atoms with van der Waals surface area (Å²) >= 11 is 7.61. The van der Waals surface area contributed by atoms with Gasteiger partial charge in [0.2, 0.25) is 5.24 Å². The lowest BCUT2D eigenvalue weighted by atomic mass is 10.0. The van der Waals surface area contributed by atoms with Crippen molar-refractivity contribution in [2.24, 2.45) is 5.92 Å². The highest BCUT2D eigenvalue weighted by Crippen LogP contribution is 2.07. The molecule has 0 aliphatic heterocycles. The van der Waals surface area contributed by atoms with Crippen molar-refractivity contribution in [1.82, 2.24) is 10.8 Å². The van der Waals surface area contributed by atoms with Crippen LogP contribution in [0.5, 0.6) is 0 Å². The van der Waals surface area contributed by atoms with E-state index in [-0.39, 0.29) is 28.3 Å². The van der Waals surface area contributed by atoms with Gasteiger partial charge in [-0.05, 0) is 84.8 Å². The minimum absolute atomic E-state index is 0.0980. The molecule has 0 radical (unpaired) electrons. The number of hydrogen-bond acceptors (Lipinski definition) is 5. The lowest BCUT2D eigenvalue weighted by Crippen LogP contribution is -2.49. The van der Waals surface area contributed by atoms with Gasteiger partial charge in [-0.15, -0.1) is 0 Å². The van der Waals surface area contributed by atoms with Crippen molar-refractivity contribution in [2.75, 3.05) is 17.7 Å². The van der Waals surface area contributed by atoms with Crippen LogP contribution in [0.25, 0.3) is 0 Å². The fraction of sp³-hybridized carbons (Fsp3) is 0.269. The zero-order valence-electron chi connectivity index (χ0n) is 19.7. The van der Waals surface area contributed by atoms with E-state index in [9.17, 15) is 14.4 Å². The van der Waals surface area contributed by atoms with E-state index in [4.69, 9.17) is 22.2 Å². The summed E-state index contributed by atoms with van der Waals surface area (Å²) in [5.41, 5.74) is 10.6. The third kappa shape index (κ3) is 12.1. The van der Waals surface area contributed by atoms with Crippen LogP contribution in [0.3, 0.4) is 0 Å². The topological polar surface area (TPSA) is 111 Å². The minimum Gasteiger partial charge on any atom is -0.399 e. The number of nitrogens with two attached hydrogens (primary N) is 1. The highest BCUT2D eigenvalue weighted by molar-refractivity contribution is 9.09. The Morgan fingerprint density at radius 1 is 1.00 bits per heavy atom. The van der Waals surface area contributed by atoms with Crippen LogP contribution in [0.4, 0.5) is 5.69 Å². The molecule has 0 aliphatic carbocycles. The molecule has 0 aromatic heterocycles. The van der Waals surface area contributed by atoms with Crippen molar-refractivity contribution in [3.8, 4) is 23.7 Å². The molecule has 2 aromatic carbocycles. The number of nitrogens with one attached hydrogen (secondary N) is 2. The van der Waals surface area contributed by atoms with Gasteiger partial charge >= 0.3 is 0 Å². The summed E-state index contributed by atoms with van der Waals surface area (Å²) in [6.45, 7) is 5.80. The second-order valence-corrected chi connectivity index (χ2v) is 8.26. The first-order valence-electron chi connectivity index (χ1n) is 10.6.